The van der Waals surface area contributed by atoms with Crippen LogP contribution in [0.5, 0.6) is 0 Å². The quantitative estimate of drug-likeness (QED) is 0.927. The topological polar surface area (TPSA) is 63.6 Å². The maximum absolute atomic E-state index is 12.2. The maximum Gasteiger partial charge on any atom is 0.259 e. The number of halogens is 1. The Balaban J connectivity index is 0.00000176. The predicted octanol–water partition coefficient (Wildman–Crippen LogP) is 2.05. The second kappa shape index (κ2) is 7.08. The third-order valence-corrected chi connectivity index (χ3v) is 5.24. The summed E-state index contributed by atoms with van der Waals surface area (Å²) in [4.78, 5) is 20.0. The number of aryl methyl sites for hydroxylation is 1. The number of nitrogens with zero attached hydrogens (tertiary/aromatic N) is 3. The van der Waals surface area contributed by atoms with Gasteiger partial charge in [0.15, 0.2) is 4.96 Å². The molecular formula is C15H23ClN4OS. The van der Waals surface area contributed by atoms with E-state index in [1.165, 1.54) is 24.2 Å². The lowest BCUT2D eigenvalue weighted by Crippen LogP contribution is -2.42. The number of likely N-dealkylation sites (tertiary alicyclic amines) is 1. The monoisotopic (exact) mass is 342 g/mol. The van der Waals surface area contributed by atoms with Crippen LogP contribution in [0, 0.1) is 12.8 Å². The van der Waals surface area contributed by atoms with E-state index in [1.54, 1.807) is 10.5 Å². The van der Waals surface area contributed by atoms with Crippen LogP contribution in [0.25, 0.3) is 4.96 Å². The second-order valence-corrected chi connectivity index (χ2v) is 6.91. The van der Waals surface area contributed by atoms with Crippen molar-refractivity contribution in [3.8, 4) is 0 Å². The van der Waals surface area contributed by atoms with E-state index in [0.29, 0.717) is 5.92 Å². The van der Waals surface area contributed by atoms with Gasteiger partial charge in [-0.3, -0.25) is 14.1 Å². The van der Waals surface area contributed by atoms with Crippen molar-refractivity contribution >= 4 is 28.7 Å². The van der Waals surface area contributed by atoms with Gasteiger partial charge in [-0.1, -0.05) is 0 Å². The van der Waals surface area contributed by atoms with E-state index in [4.69, 9.17) is 5.73 Å². The van der Waals surface area contributed by atoms with Crippen molar-refractivity contribution in [2.45, 2.75) is 39.3 Å². The van der Waals surface area contributed by atoms with Gasteiger partial charge in [0.05, 0.1) is 5.69 Å². The molecule has 0 bridgehead atoms. The average Bonchev–Trinajstić information content (AvgIpc) is 2.81. The Bertz CT molecular complexity index is 696. The highest BCUT2D eigenvalue weighted by atomic mass is 35.5. The molecule has 2 N–H and O–H groups in total. The molecule has 5 nitrogen and oxygen atoms in total. The fourth-order valence-electron chi connectivity index (χ4n) is 3.08. The molecule has 2 unspecified atom stereocenters. The number of fused-ring (bicyclic) bond motifs is 1. The molecular weight excluding hydrogens is 320 g/mol. The molecule has 7 heteroatoms. The Morgan fingerprint density at radius 1 is 1.55 bits per heavy atom. The Hall–Kier alpha value is -0.950. The van der Waals surface area contributed by atoms with Crippen molar-refractivity contribution < 1.29 is 0 Å². The highest BCUT2D eigenvalue weighted by Gasteiger charge is 2.23. The van der Waals surface area contributed by atoms with Crippen LogP contribution in [-0.4, -0.2) is 33.4 Å². The molecule has 3 heterocycles. The van der Waals surface area contributed by atoms with E-state index in [1.807, 2.05) is 12.3 Å². The van der Waals surface area contributed by atoms with Gasteiger partial charge < -0.3 is 5.73 Å². The van der Waals surface area contributed by atoms with Gasteiger partial charge in [0, 0.05) is 36.3 Å². The number of aromatic nitrogens is 2. The van der Waals surface area contributed by atoms with Crippen LogP contribution in [0.1, 0.15) is 31.2 Å². The summed E-state index contributed by atoms with van der Waals surface area (Å²) in [5, 5.41) is 1.97. The maximum atomic E-state index is 12.2. The third-order valence-electron chi connectivity index (χ3n) is 4.30. The van der Waals surface area contributed by atoms with E-state index in [0.717, 1.165) is 36.0 Å². The predicted molar refractivity (Wildman–Crippen MR) is 93.0 cm³/mol. The molecule has 1 aliphatic heterocycles. The SMILES string of the molecule is Cc1csc2nc(CN3CCCC(C(C)N)C3)cc(=O)n12.Cl. The molecule has 1 saturated heterocycles. The molecule has 0 spiro atoms. The van der Waals surface area contributed by atoms with Gasteiger partial charge in [0.1, 0.15) is 0 Å². The summed E-state index contributed by atoms with van der Waals surface area (Å²) in [5.41, 5.74) is 7.87. The number of hydrogen-bond acceptors (Lipinski definition) is 5. The summed E-state index contributed by atoms with van der Waals surface area (Å²) in [5.74, 6) is 0.549. The summed E-state index contributed by atoms with van der Waals surface area (Å²) in [7, 11) is 0. The number of thiazole rings is 1. The summed E-state index contributed by atoms with van der Waals surface area (Å²) < 4.78 is 1.68. The minimum Gasteiger partial charge on any atom is -0.328 e. The van der Waals surface area contributed by atoms with Gasteiger partial charge in [-0.2, -0.15) is 0 Å². The van der Waals surface area contributed by atoms with Gasteiger partial charge in [0.2, 0.25) is 0 Å². The van der Waals surface area contributed by atoms with Crippen molar-refractivity contribution in [2.24, 2.45) is 11.7 Å². The third kappa shape index (κ3) is 3.51. The average molecular weight is 343 g/mol. The standard InChI is InChI=1S/C15H22N4OS.ClH/c1-10-9-21-15-17-13(6-14(20)19(10)15)8-18-5-3-4-12(7-18)11(2)16;/h6,9,11-12H,3-5,7-8,16H2,1-2H3;1H. The zero-order valence-electron chi connectivity index (χ0n) is 13.0. The van der Waals surface area contributed by atoms with Crippen molar-refractivity contribution in [3.63, 3.8) is 0 Å². The van der Waals surface area contributed by atoms with E-state index in [2.05, 4.69) is 16.8 Å². The summed E-state index contributed by atoms with van der Waals surface area (Å²) in [6.45, 7) is 6.82. The normalized spacial score (nSPS) is 20.8. The van der Waals surface area contributed by atoms with Crippen molar-refractivity contribution in [1.82, 2.24) is 14.3 Å². The summed E-state index contributed by atoms with van der Waals surface area (Å²) >= 11 is 1.52. The second-order valence-electron chi connectivity index (χ2n) is 6.08. The highest BCUT2D eigenvalue weighted by Crippen LogP contribution is 2.20. The number of nitrogens with two attached hydrogens (primary N) is 1. The van der Waals surface area contributed by atoms with Gasteiger partial charge in [0.25, 0.3) is 5.56 Å². The summed E-state index contributed by atoms with van der Waals surface area (Å²) in [6, 6.07) is 1.90. The van der Waals surface area contributed by atoms with Crippen LogP contribution in [-0.2, 0) is 6.54 Å². The minimum absolute atomic E-state index is 0. The molecule has 0 saturated carbocycles. The molecule has 3 rings (SSSR count). The first-order valence-corrected chi connectivity index (χ1v) is 8.37. The number of hydrogen-bond donors (Lipinski definition) is 1. The van der Waals surface area contributed by atoms with Crippen LogP contribution in [0.15, 0.2) is 16.2 Å². The molecule has 0 aromatic carbocycles. The van der Waals surface area contributed by atoms with E-state index >= 15 is 0 Å². The summed E-state index contributed by atoms with van der Waals surface area (Å²) in [6.07, 6.45) is 2.37. The Morgan fingerprint density at radius 3 is 3.05 bits per heavy atom. The smallest absolute Gasteiger partial charge is 0.259 e. The lowest BCUT2D eigenvalue weighted by Gasteiger charge is -2.34. The number of rotatable bonds is 3. The molecule has 2 atom stereocenters. The van der Waals surface area contributed by atoms with Crippen LogP contribution < -0.4 is 11.3 Å². The van der Waals surface area contributed by atoms with E-state index < -0.39 is 0 Å². The Morgan fingerprint density at radius 2 is 2.32 bits per heavy atom. The Kier molecular flexibility index (Phi) is 5.60. The lowest BCUT2D eigenvalue weighted by atomic mass is 9.92. The van der Waals surface area contributed by atoms with E-state index in [-0.39, 0.29) is 24.0 Å². The molecule has 0 amide bonds. The fourth-order valence-corrected chi connectivity index (χ4v) is 3.97. The molecule has 1 aliphatic rings. The van der Waals surface area contributed by atoms with Crippen LogP contribution in [0.2, 0.25) is 0 Å². The fraction of sp³-hybridized carbons (Fsp3) is 0.600. The first-order valence-electron chi connectivity index (χ1n) is 7.49. The van der Waals surface area contributed by atoms with Gasteiger partial charge >= 0.3 is 0 Å². The van der Waals surface area contributed by atoms with E-state index in [9.17, 15) is 4.79 Å². The highest BCUT2D eigenvalue weighted by molar-refractivity contribution is 7.15. The molecule has 2 aromatic rings. The van der Waals surface area contributed by atoms with Gasteiger partial charge in [-0.15, -0.1) is 23.7 Å². The lowest BCUT2D eigenvalue weighted by molar-refractivity contribution is 0.153. The first-order chi connectivity index (χ1) is 10.0. The molecule has 22 heavy (non-hydrogen) atoms. The molecule has 0 radical (unpaired) electrons. The number of piperidine rings is 1. The molecule has 1 fully saturated rings. The largest absolute Gasteiger partial charge is 0.328 e. The van der Waals surface area contributed by atoms with Gasteiger partial charge in [-0.25, -0.2) is 4.98 Å². The molecule has 2 aromatic heterocycles. The zero-order valence-corrected chi connectivity index (χ0v) is 14.6. The van der Waals surface area contributed by atoms with Crippen LogP contribution in [0.4, 0.5) is 0 Å². The first kappa shape index (κ1) is 17.4. The van der Waals surface area contributed by atoms with Crippen molar-refractivity contribution in [2.75, 3.05) is 13.1 Å². The molecule has 0 aliphatic carbocycles. The van der Waals surface area contributed by atoms with Crippen LogP contribution in [0.3, 0.4) is 0 Å². The van der Waals surface area contributed by atoms with Crippen molar-refractivity contribution in [1.29, 1.82) is 0 Å². The minimum atomic E-state index is 0. The van der Waals surface area contributed by atoms with Crippen molar-refractivity contribution in [3.05, 3.63) is 33.2 Å². The zero-order chi connectivity index (χ0) is 15.0. The Labute approximate surface area is 140 Å². The van der Waals surface area contributed by atoms with Gasteiger partial charge in [-0.05, 0) is 39.2 Å². The molecule has 122 valence electrons. The van der Waals surface area contributed by atoms with Crippen LogP contribution >= 0.6 is 23.7 Å².